The van der Waals surface area contributed by atoms with Crippen molar-refractivity contribution < 1.29 is 0 Å². The zero-order valence-corrected chi connectivity index (χ0v) is 77.5. The van der Waals surface area contributed by atoms with Crippen LogP contribution in [0.2, 0.25) is 0 Å². The van der Waals surface area contributed by atoms with Crippen LogP contribution in [-0.2, 0) is 0 Å². The van der Waals surface area contributed by atoms with Crippen LogP contribution in [0.1, 0.15) is 0 Å². The van der Waals surface area contributed by atoms with Crippen LogP contribution in [0, 0.1) is 0 Å². The molecule has 32 rings (SSSR count). The van der Waals surface area contributed by atoms with Gasteiger partial charge in [0.25, 0.3) is 0 Å². The van der Waals surface area contributed by atoms with Crippen LogP contribution in [0.5, 0.6) is 0 Å². The molecule has 0 saturated heterocycles. The van der Waals surface area contributed by atoms with E-state index in [-0.39, 0.29) is 0 Å². The number of fused-ring (bicyclic) bond motifs is 42. The molecule has 32 aromatic rings. The van der Waals surface area contributed by atoms with Gasteiger partial charge in [-0.1, -0.05) is 255 Å². The van der Waals surface area contributed by atoms with Crippen LogP contribution in [0.4, 0.5) is 0 Å². The van der Waals surface area contributed by atoms with Crippen molar-refractivity contribution in [3.8, 4) is 45.6 Å². The largest absolute Gasteiger partial charge is 0.264 e. The molecule has 0 radical (unpaired) electrons. The molecule has 640 valence electrons. The third kappa shape index (κ3) is 12.6. The summed E-state index contributed by atoms with van der Waals surface area (Å²) in [5, 5.41) is 70.7. The van der Waals surface area contributed by atoms with Gasteiger partial charge in [0.05, 0.1) is 0 Å². The number of aromatic nitrogens is 13. The molecule has 0 fully saturated rings. The van der Waals surface area contributed by atoms with Crippen molar-refractivity contribution in [2.24, 2.45) is 0 Å². The molecule has 0 N–H and O–H groups in total. The number of benzene rings is 21. The number of nitrogens with zero attached hydrogens (tertiary/aromatic N) is 13. The van der Waals surface area contributed by atoms with Crippen molar-refractivity contribution in [1.82, 2.24) is 65.7 Å². The predicted octanol–water partition coefficient (Wildman–Crippen LogP) is 33.6. The Balaban J connectivity index is 0.0000000892. The second-order valence-corrected chi connectivity index (χ2v) is 41.1. The number of hydrogen-bond donors (Lipinski definition) is 0. The lowest BCUT2D eigenvalue weighted by molar-refractivity contribution is 1.04. The second kappa shape index (κ2) is 31.4. The molecule has 21 aromatic carbocycles. The first-order valence-electron chi connectivity index (χ1n) is 45.4. The third-order valence-corrected chi connectivity index (χ3v) is 33.9. The quantitative estimate of drug-likeness (QED) is 0.153. The van der Waals surface area contributed by atoms with Gasteiger partial charge in [0.15, 0.2) is 23.3 Å². The normalized spacial score (nSPS) is 12.1. The number of thiophene rings is 6. The van der Waals surface area contributed by atoms with E-state index in [1.54, 1.807) is 22.7 Å². The van der Waals surface area contributed by atoms with Gasteiger partial charge in [-0.2, -0.15) is 0 Å². The van der Waals surface area contributed by atoms with Crippen LogP contribution < -0.4 is 0 Å². The SMILES string of the molecule is c1ccc2c(c1)sc1cc(-c3nnc4c5cc6c(cc5c5ccccc5c4n3)sc3ccccc36)ccc12.c1ccc2c(c1)sc1cc3c4ccccc4c4nc(-c5cccc6c5sc5ccccc56)nnc4c3cc12.c1ccc2c(c1)sc1ccc(-c3nnc4c5ccccc5c5ccccc5c4n3)cc12.c1ccc2c(c1)sc1ccc(-c3nnc4c5ccccc5c5cnccc5c4n3)cc12. The summed E-state index contributed by atoms with van der Waals surface area (Å²) in [5.41, 5.74) is 10.9. The van der Waals surface area contributed by atoms with Crippen molar-refractivity contribution in [3.63, 3.8) is 0 Å². The van der Waals surface area contributed by atoms with Crippen LogP contribution in [0.3, 0.4) is 0 Å². The molecule has 0 aliphatic carbocycles. The minimum absolute atomic E-state index is 0.637. The summed E-state index contributed by atoms with van der Waals surface area (Å²) < 4.78 is 15.3. The standard InChI is InChI=1S/2C33H17N3S2.C27H15N3S.C26H14N4S/c1-2-11-21-18(8-1)24-17-29-25(20-10-4-5-14-27(20)37-29)16-26(24)31-30(21)34-33(36-35-31)23-13-7-12-22-19-9-3-6-15-28(19)38-32(22)23;1-2-10-23-19(7-1)24-17-30-25(21-9-4-6-12-28(21)38-30)16-26(24)32-31(23)34-33(36-35-32)18-13-14-22-20-8-3-5-11-27(20)37-29(22)15-18;1-3-10-20-17(7-1)18-8-2-4-11-21(18)26-25(20)28-27(30-29-26)16-13-14-24-22(15-16)19-9-5-6-12-23(19)31-24;1-2-7-18-16(5-1)21-14-27-12-11-19(21)24-25(18)29-30-26(28-24)15-9-10-23-20(13-15)17-6-3-4-8-22(17)31-23/h2*1-17H;1-15H;1-14H. The molecule has 0 atom stereocenters. The first kappa shape index (κ1) is 78.7. The van der Waals surface area contributed by atoms with E-state index in [4.69, 9.17) is 35.2 Å². The Labute approximate surface area is 806 Å². The third-order valence-electron chi connectivity index (χ3n) is 27.0. The van der Waals surface area contributed by atoms with Gasteiger partial charge in [0.1, 0.15) is 44.1 Å². The number of pyridine rings is 1. The molecule has 0 aliphatic rings. The fraction of sp³-hybridized carbons (Fsp3) is 0. The van der Waals surface area contributed by atoms with Gasteiger partial charge in [-0.05, 0) is 153 Å². The number of rotatable bonds is 4. The molecule has 0 spiro atoms. The first-order chi connectivity index (χ1) is 68.4. The maximum atomic E-state index is 5.21. The van der Waals surface area contributed by atoms with E-state index >= 15 is 0 Å². The zero-order chi connectivity index (χ0) is 90.3. The van der Waals surface area contributed by atoms with E-state index in [0.29, 0.717) is 23.3 Å². The summed E-state index contributed by atoms with van der Waals surface area (Å²) >= 11 is 10.9. The Kier molecular flexibility index (Phi) is 17.9. The van der Waals surface area contributed by atoms with Crippen molar-refractivity contribution >= 4 is 319 Å². The topological polar surface area (TPSA) is 168 Å². The van der Waals surface area contributed by atoms with E-state index < -0.39 is 0 Å². The van der Waals surface area contributed by atoms with Crippen molar-refractivity contribution in [3.05, 3.63) is 382 Å². The van der Waals surface area contributed by atoms with Gasteiger partial charge in [0.2, 0.25) is 0 Å². The Morgan fingerprint density at radius 3 is 0.848 bits per heavy atom. The van der Waals surface area contributed by atoms with Crippen LogP contribution >= 0.6 is 68.0 Å². The average Bonchev–Trinajstić information content (AvgIpc) is 1.38. The van der Waals surface area contributed by atoms with Crippen LogP contribution in [-0.4, -0.2) is 65.7 Å². The highest BCUT2D eigenvalue weighted by molar-refractivity contribution is 7.28. The fourth-order valence-electron chi connectivity index (χ4n) is 20.6. The molecule has 0 amide bonds. The van der Waals surface area contributed by atoms with Crippen molar-refractivity contribution in [2.45, 2.75) is 0 Å². The zero-order valence-electron chi connectivity index (χ0n) is 72.6. The van der Waals surface area contributed by atoms with Gasteiger partial charge in [-0.15, -0.1) is 109 Å². The minimum atomic E-state index is 0.637. The van der Waals surface area contributed by atoms with E-state index in [1.807, 2.05) is 82.0 Å². The van der Waals surface area contributed by atoms with Crippen LogP contribution in [0.15, 0.2) is 382 Å². The Bertz CT molecular complexity index is 10500. The Morgan fingerprint density at radius 2 is 0.420 bits per heavy atom. The maximum Gasteiger partial charge on any atom is 0.183 e. The lowest BCUT2D eigenvalue weighted by Crippen LogP contribution is -1.96. The lowest BCUT2D eigenvalue weighted by atomic mass is 9.98. The summed E-state index contributed by atoms with van der Waals surface area (Å²) in [6, 6.07) is 131. The smallest absolute Gasteiger partial charge is 0.183 e. The average molecular weight is 1870 g/mol. The predicted molar refractivity (Wildman–Crippen MR) is 586 cm³/mol. The molecule has 11 aromatic heterocycles. The summed E-state index contributed by atoms with van der Waals surface area (Å²) in [5.74, 6) is 2.62. The minimum Gasteiger partial charge on any atom is -0.264 e. The molecule has 0 saturated carbocycles. The highest BCUT2D eigenvalue weighted by Crippen LogP contribution is 2.48. The molecule has 13 nitrogen and oxygen atoms in total. The molecule has 138 heavy (non-hydrogen) atoms. The number of hydrogen-bond acceptors (Lipinski definition) is 19. The molecule has 0 aliphatic heterocycles. The summed E-state index contributed by atoms with van der Waals surface area (Å²) in [6.07, 6.45) is 3.71. The van der Waals surface area contributed by atoms with Crippen molar-refractivity contribution in [2.75, 3.05) is 0 Å². The highest BCUT2D eigenvalue weighted by Gasteiger charge is 2.24. The summed E-state index contributed by atoms with van der Waals surface area (Å²) in [6.45, 7) is 0. The Hall–Kier alpha value is -16.8. The van der Waals surface area contributed by atoms with Crippen LogP contribution in [0.25, 0.3) is 297 Å². The second-order valence-electron chi connectivity index (χ2n) is 34.7. The van der Waals surface area contributed by atoms with Gasteiger partial charge in [-0.3, -0.25) is 4.98 Å². The summed E-state index contributed by atoms with van der Waals surface area (Å²) in [7, 11) is 0. The monoisotopic (exact) mass is 1870 g/mol. The molecule has 19 heteroatoms. The maximum absolute atomic E-state index is 5.21. The van der Waals surface area contributed by atoms with Gasteiger partial charge in [-0.25, -0.2) is 19.9 Å². The molecule has 0 unspecified atom stereocenters. The van der Waals surface area contributed by atoms with Gasteiger partial charge >= 0.3 is 0 Å². The van der Waals surface area contributed by atoms with Gasteiger partial charge in [0, 0.05) is 204 Å². The van der Waals surface area contributed by atoms with E-state index in [2.05, 4.69) is 376 Å². The summed E-state index contributed by atoms with van der Waals surface area (Å²) in [4.78, 5) is 24.7. The first-order valence-corrected chi connectivity index (χ1v) is 50.3. The van der Waals surface area contributed by atoms with E-state index in [9.17, 15) is 0 Å². The Morgan fingerprint density at radius 1 is 0.145 bits per heavy atom. The highest BCUT2D eigenvalue weighted by atomic mass is 32.1. The molecular formula is C119H63N13S6. The molecule has 11 heterocycles. The molecule has 0 bridgehead atoms. The van der Waals surface area contributed by atoms with Crippen molar-refractivity contribution in [1.29, 1.82) is 0 Å². The van der Waals surface area contributed by atoms with E-state index in [1.165, 1.54) is 153 Å². The molecular weight excluding hydrogens is 1800 g/mol. The lowest BCUT2D eigenvalue weighted by Gasteiger charge is -2.10. The fourth-order valence-corrected chi connectivity index (χ4v) is 27.4. The van der Waals surface area contributed by atoms with E-state index in [0.717, 1.165) is 120 Å². The van der Waals surface area contributed by atoms with Gasteiger partial charge < -0.3 is 0 Å².